The first kappa shape index (κ1) is 22.2. The van der Waals surface area contributed by atoms with Crippen LogP contribution in [0.2, 0.25) is 0 Å². The first-order valence-corrected chi connectivity index (χ1v) is 12.2. The van der Waals surface area contributed by atoms with Crippen LogP contribution in [0, 0.1) is 4.78 Å². The van der Waals surface area contributed by atoms with Crippen LogP contribution in [0.25, 0.3) is 22.4 Å². The number of hydrogen-bond donors (Lipinski definition) is 3. The molecular formula is C21H26N6O4S. The van der Waals surface area contributed by atoms with Crippen LogP contribution in [0.15, 0.2) is 30.6 Å². The van der Waals surface area contributed by atoms with Gasteiger partial charge in [0.15, 0.2) is 5.82 Å². The summed E-state index contributed by atoms with van der Waals surface area (Å²) in [6.07, 6.45) is 6.55. The normalized spacial score (nSPS) is 21.3. The minimum absolute atomic E-state index is 0.182. The Kier molecular flexibility index (Phi) is 5.87. The summed E-state index contributed by atoms with van der Waals surface area (Å²) in [7, 11) is -2.79. The van der Waals surface area contributed by atoms with Gasteiger partial charge in [-0.2, -0.15) is 0 Å². The molecule has 0 spiro atoms. The Bertz CT molecular complexity index is 1240. The van der Waals surface area contributed by atoms with Crippen LogP contribution < -0.4 is 4.90 Å². The second-order valence-corrected chi connectivity index (χ2v) is 10.6. The number of aromatic nitrogens is 4. The molecule has 32 heavy (non-hydrogen) atoms. The van der Waals surface area contributed by atoms with Gasteiger partial charge in [-0.3, -0.25) is 9.57 Å². The molecule has 5 rings (SSSR count). The Morgan fingerprint density at radius 3 is 2.78 bits per heavy atom. The highest BCUT2D eigenvalue weighted by atomic mass is 32.2. The Morgan fingerprint density at radius 1 is 1.38 bits per heavy atom. The highest BCUT2D eigenvalue weighted by Gasteiger charge is 2.53. The van der Waals surface area contributed by atoms with Crippen LogP contribution in [-0.2, 0) is 24.0 Å². The summed E-state index contributed by atoms with van der Waals surface area (Å²) in [4.78, 5) is 27.8. The van der Waals surface area contributed by atoms with Crippen LogP contribution >= 0.6 is 0 Å². The lowest BCUT2D eigenvalue weighted by Crippen LogP contribution is -2.44. The van der Waals surface area contributed by atoms with E-state index in [4.69, 9.17) is 29.4 Å². The number of rotatable bonds is 4. The van der Waals surface area contributed by atoms with Gasteiger partial charge in [0.05, 0.1) is 39.4 Å². The van der Waals surface area contributed by atoms with Gasteiger partial charge in [-0.25, -0.2) is 19.2 Å². The zero-order chi connectivity index (χ0) is 22.9. The van der Waals surface area contributed by atoms with E-state index in [0.717, 1.165) is 41.8 Å². The third kappa shape index (κ3) is 3.93. The summed E-state index contributed by atoms with van der Waals surface area (Å²) in [6, 6.07) is 5.99. The highest BCUT2D eigenvalue weighted by Crippen LogP contribution is 2.52. The summed E-state index contributed by atoms with van der Waals surface area (Å²) >= 11 is 0. The lowest BCUT2D eigenvalue weighted by atomic mass is 10.1. The molecule has 0 aromatic carbocycles. The van der Waals surface area contributed by atoms with Crippen molar-refractivity contribution in [2.75, 3.05) is 30.9 Å². The molecule has 11 heteroatoms. The lowest BCUT2D eigenvalue weighted by Gasteiger charge is -2.35. The maximum Gasteiger partial charge on any atom is 0.290 e. The first-order valence-electron chi connectivity index (χ1n) is 10.3. The zero-order valence-corrected chi connectivity index (χ0v) is 18.8. The van der Waals surface area contributed by atoms with E-state index in [9.17, 15) is 4.21 Å². The molecule has 10 nitrogen and oxygen atoms in total. The van der Waals surface area contributed by atoms with Crippen LogP contribution in [0.1, 0.15) is 25.5 Å². The second kappa shape index (κ2) is 8.47. The summed E-state index contributed by atoms with van der Waals surface area (Å²) in [5, 5.41) is 7.83. The van der Waals surface area contributed by atoms with E-state index in [-0.39, 0.29) is 12.5 Å². The largest absolute Gasteiger partial charge is 0.483 e. The van der Waals surface area contributed by atoms with Crippen molar-refractivity contribution >= 4 is 33.1 Å². The van der Waals surface area contributed by atoms with Gasteiger partial charge in [0.25, 0.3) is 6.47 Å². The van der Waals surface area contributed by atoms with E-state index in [0.29, 0.717) is 24.7 Å². The van der Waals surface area contributed by atoms with Gasteiger partial charge in [0.1, 0.15) is 11.5 Å². The molecule has 0 radical (unpaired) electrons. The first-order chi connectivity index (χ1) is 15.3. The molecule has 2 atom stereocenters. The summed E-state index contributed by atoms with van der Waals surface area (Å²) in [5.41, 5.74) is 2.36. The third-order valence-electron chi connectivity index (χ3n) is 5.99. The molecule has 1 aliphatic carbocycles. The molecule has 0 amide bonds. The van der Waals surface area contributed by atoms with E-state index in [1.165, 1.54) is 6.26 Å². The number of fused-ring (bicyclic) bond motifs is 1. The number of nitrogens with one attached hydrogen (secondary N) is 2. The number of nitrogens with zero attached hydrogens (tertiary/aromatic N) is 4. The zero-order valence-electron chi connectivity index (χ0n) is 17.9. The quantitative estimate of drug-likeness (QED) is 0.506. The molecule has 4 heterocycles. The lowest BCUT2D eigenvalue weighted by molar-refractivity contribution is -0.122. The Morgan fingerprint density at radius 2 is 2.12 bits per heavy atom. The molecule has 0 bridgehead atoms. The number of anilines is 1. The summed E-state index contributed by atoms with van der Waals surface area (Å²) < 4.78 is 26.0. The van der Waals surface area contributed by atoms with E-state index < -0.39 is 14.5 Å². The summed E-state index contributed by atoms with van der Waals surface area (Å²) in [6.45, 7) is 3.88. The van der Waals surface area contributed by atoms with Crippen molar-refractivity contribution in [2.24, 2.45) is 0 Å². The van der Waals surface area contributed by atoms with Gasteiger partial charge >= 0.3 is 0 Å². The predicted octanol–water partition coefficient (Wildman–Crippen LogP) is 2.61. The van der Waals surface area contributed by atoms with Gasteiger partial charge in [0.2, 0.25) is 0 Å². The molecule has 1 saturated carbocycles. The van der Waals surface area contributed by atoms with Crippen molar-refractivity contribution in [1.82, 2.24) is 19.9 Å². The maximum absolute atomic E-state index is 12.8. The highest BCUT2D eigenvalue weighted by molar-refractivity contribution is 7.92. The van der Waals surface area contributed by atoms with Crippen molar-refractivity contribution in [3.63, 3.8) is 0 Å². The molecule has 3 aromatic heterocycles. The van der Waals surface area contributed by atoms with Crippen LogP contribution in [-0.4, -0.2) is 67.8 Å². The topological polar surface area (TPSA) is 145 Å². The SMILES string of the molecule is C[C@@H]1COCCN1c1cc(C2([S@](C)(=N)=O)CC2)nc(-c2ccnc3[nH]ccc23)n1.O=CO. The van der Waals surface area contributed by atoms with Crippen molar-refractivity contribution in [2.45, 2.75) is 30.6 Å². The smallest absolute Gasteiger partial charge is 0.290 e. The van der Waals surface area contributed by atoms with Gasteiger partial charge in [0, 0.05) is 42.2 Å². The monoisotopic (exact) mass is 458 g/mol. The van der Waals surface area contributed by atoms with Crippen molar-refractivity contribution in [1.29, 1.82) is 4.78 Å². The van der Waals surface area contributed by atoms with Gasteiger partial charge in [-0.1, -0.05) is 0 Å². The number of aromatic amines is 1. The standard InChI is InChI=1S/C20H24N6O2S.CH2O2/c1-13-12-28-10-9-26(13)17-11-16(20(5-6-20)29(2,21)27)24-19(25-17)15-4-8-23-18-14(15)3-7-22-18;2-1-3/h3-4,7-8,11,13,21H,5-6,9-10,12H2,1-2H3,(H,22,23);1H,(H,2,3)/t13-,29-;/m1./s1. The number of ether oxygens (including phenoxy) is 1. The van der Waals surface area contributed by atoms with Crippen molar-refractivity contribution in [3.8, 4) is 11.4 Å². The van der Waals surface area contributed by atoms with E-state index in [1.807, 2.05) is 24.4 Å². The average Bonchev–Trinajstić information content (AvgIpc) is 3.46. The molecule has 0 unspecified atom stereocenters. The number of carboxylic acid groups (broad SMARTS) is 1. The average molecular weight is 459 g/mol. The fourth-order valence-corrected chi connectivity index (χ4v) is 5.50. The van der Waals surface area contributed by atoms with E-state index in [1.54, 1.807) is 6.20 Å². The van der Waals surface area contributed by atoms with Gasteiger partial charge < -0.3 is 19.7 Å². The number of hydrogen-bond acceptors (Lipinski definition) is 8. The number of pyridine rings is 1. The number of morpholine rings is 1. The second-order valence-electron chi connectivity index (χ2n) is 8.09. The van der Waals surface area contributed by atoms with E-state index in [2.05, 4.69) is 21.8 Å². The van der Waals surface area contributed by atoms with Crippen molar-refractivity contribution in [3.05, 3.63) is 36.3 Å². The summed E-state index contributed by atoms with van der Waals surface area (Å²) in [5.74, 6) is 1.38. The Labute approximate surface area is 186 Å². The van der Waals surface area contributed by atoms with E-state index >= 15 is 0 Å². The van der Waals surface area contributed by atoms with Gasteiger partial charge in [-0.05, 0) is 31.9 Å². The fourth-order valence-electron chi connectivity index (χ4n) is 4.12. The van der Waals surface area contributed by atoms with Gasteiger partial charge in [-0.15, -0.1) is 0 Å². The maximum atomic E-state index is 12.8. The minimum atomic E-state index is -2.79. The molecular weight excluding hydrogens is 432 g/mol. The number of carbonyl (C=O) groups is 1. The Hall–Kier alpha value is -3.05. The molecule has 2 aliphatic rings. The molecule has 3 N–H and O–H groups in total. The fraction of sp³-hybridized carbons (Fsp3) is 0.429. The number of H-pyrrole nitrogens is 1. The predicted molar refractivity (Wildman–Crippen MR) is 121 cm³/mol. The minimum Gasteiger partial charge on any atom is -0.483 e. The molecule has 3 aromatic rings. The Balaban J connectivity index is 0.000000775. The molecule has 1 aliphatic heterocycles. The van der Waals surface area contributed by atoms with Crippen LogP contribution in [0.3, 0.4) is 0 Å². The van der Waals surface area contributed by atoms with Crippen LogP contribution in [0.5, 0.6) is 0 Å². The third-order valence-corrected chi connectivity index (χ3v) is 8.10. The van der Waals surface area contributed by atoms with Crippen LogP contribution in [0.4, 0.5) is 5.82 Å². The molecule has 170 valence electrons. The van der Waals surface area contributed by atoms with Crippen molar-refractivity contribution < 1.29 is 18.8 Å². The molecule has 2 fully saturated rings. The molecule has 1 saturated heterocycles.